The molecule has 3 heteroatoms. The molecule has 0 saturated heterocycles. The molecule has 0 spiro atoms. The van der Waals surface area contributed by atoms with Crippen molar-refractivity contribution in [1.29, 1.82) is 0 Å². The molecule has 0 heterocycles. The van der Waals surface area contributed by atoms with E-state index in [1.165, 1.54) is 0 Å². The molecule has 0 aromatic rings. The molecular formula is C9H20N2O. The molecule has 3 nitrogen and oxygen atoms in total. The lowest BCUT2D eigenvalue weighted by Crippen LogP contribution is -2.43. The average molecular weight is 172 g/mol. The lowest BCUT2D eigenvalue weighted by atomic mass is 10.2. The molecule has 0 bridgehead atoms. The Morgan fingerprint density at radius 3 is 2.42 bits per heavy atom. The van der Waals surface area contributed by atoms with Crippen molar-refractivity contribution >= 4 is 5.91 Å². The molecule has 0 fully saturated rings. The SMILES string of the molecule is CCCN(C)C(CC)C(=O)NC. The van der Waals surface area contributed by atoms with Crippen molar-refractivity contribution in [1.82, 2.24) is 10.2 Å². The van der Waals surface area contributed by atoms with Crippen molar-refractivity contribution in [2.75, 3.05) is 20.6 Å². The van der Waals surface area contributed by atoms with Crippen molar-refractivity contribution in [3.63, 3.8) is 0 Å². The second-order valence-corrected chi connectivity index (χ2v) is 3.02. The summed E-state index contributed by atoms with van der Waals surface area (Å²) >= 11 is 0. The highest BCUT2D eigenvalue weighted by Crippen LogP contribution is 2.01. The Labute approximate surface area is 75.1 Å². The van der Waals surface area contributed by atoms with E-state index in [2.05, 4.69) is 17.1 Å². The Morgan fingerprint density at radius 1 is 1.50 bits per heavy atom. The Hall–Kier alpha value is -0.570. The van der Waals surface area contributed by atoms with E-state index in [0.717, 1.165) is 19.4 Å². The summed E-state index contributed by atoms with van der Waals surface area (Å²) in [5, 5.41) is 2.67. The summed E-state index contributed by atoms with van der Waals surface area (Å²) in [6.07, 6.45) is 1.96. The van der Waals surface area contributed by atoms with Crippen LogP contribution in [0.15, 0.2) is 0 Å². The summed E-state index contributed by atoms with van der Waals surface area (Å²) in [5.41, 5.74) is 0. The molecule has 0 aliphatic rings. The largest absolute Gasteiger partial charge is 0.358 e. The fraction of sp³-hybridized carbons (Fsp3) is 0.889. The molecule has 0 aromatic carbocycles. The molecule has 0 aromatic heterocycles. The summed E-state index contributed by atoms with van der Waals surface area (Å²) in [6, 6.07) is 0.0370. The summed E-state index contributed by atoms with van der Waals surface area (Å²) in [4.78, 5) is 13.4. The molecule has 0 rings (SSSR count). The van der Waals surface area contributed by atoms with Crippen molar-refractivity contribution in [2.24, 2.45) is 0 Å². The molecule has 0 aliphatic carbocycles. The number of nitrogens with zero attached hydrogens (tertiary/aromatic N) is 1. The fourth-order valence-corrected chi connectivity index (χ4v) is 1.37. The maximum Gasteiger partial charge on any atom is 0.237 e. The quantitative estimate of drug-likeness (QED) is 0.667. The first-order chi connectivity index (χ1) is 5.67. The second-order valence-electron chi connectivity index (χ2n) is 3.02. The van der Waals surface area contributed by atoms with E-state index in [0.29, 0.717) is 0 Å². The van der Waals surface area contributed by atoms with Crippen molar-refractivity contribution in [3.8, 4) is 0 Å². The Morgan fingerprint density at radius 2 is 2.08 bits per heavy atom. The van der Waals surface area contributed by atoms with Gasteiger partial charge in [-0.05, 0) is 26.4 Å². The number of carbonyl (C=O) groups is 1. The molecule has 1 amide bonds. The normalized spacial score (nSPS) is 13.1. The Balaban J connectivity index is 4.03. The molecule has 72 valence electrons. The van der Waals surface area contributed by atoms with E-state index in [1.54, 1.807) is 7.05 Å². The van der Waals surface area contributed by atoms with Gasteiger partial charge in [0.25, 0.3) is 0 Å². The molecule has 0 aliphatic heterocycles. The number of likely N-dealkylation sites (N-methyl/N-ethyl adjacent to an activating group) is 2. The zero-order valence-electron chi connectivity index (χ0n) is 8.55. The van der Waals surface area contributed by atoms with Crippen LogP contribution in [0.4, 0.5) is 0 Å². The molecule has 12 heavy (non-hydrogen) atoms. The van der Waals surface area contributed by atoms with Crippen LogP contribution in [0.1, 0.15) is 26.7 Å². The van der Waals surface area contributed by atoms with Crippen molar-refractivity contribution in [2.45, 2.75) is 32.7 Å². The van der Waals surface area contributed by atoms with E-state index in [-0.39, 0.29) is 11.9 Å². The highest BCUT2D eigenvalue weighted by molar-refractivity contribution is 5.81. The number of hydrogen-bond acceptors (Lipinski definition) is 2. The van der Waals surface area contributed by atoms with Gasteiger partial charge in [0.05, 0.1) is 6.04 Å². The highest BCUT2D eigenvalue weighted by atomic mass is 16.2. The van der Waals surface area contributed by atoms with Gasteiger partial charge in [-0.15, -0.1) is 0 Å². The van der Waals surface area contributed by atoms with Gasteiger partial charge in [-0.1, -0.05) is 13.8 Å². The third-order valence-corrected chi connectivity index (χ3v) is 2.04. The average Bonchev–Trinajstić information content (AvgIpc) is 2.06. The maximum atomic E-state index is 11.3. The topological polar surface area (TPSA) is 32.3 Å². The van der Waals surface area contributed by atoms with Gasteiger partial charge in [0.2, 0.25) is 5.91 Å². The van der Waals surface area contributed by atoms with Crippen molar-refractivity contribution in [3.05, 3.63) is 0 Å². The van der Waals surface area contributed by atoms with Gasteiger partial charge < -0.3 is 5.32 Å². The number of amides is 1. The fourth-order valence-electron chi connectivity index (χ4n) is 1.37. The van der Waals surface area contributed by atoms with E-state index < -0.39 is 0 Å². The van der Waals surface area contributed by atoms with E-state index >= 15 is 0 Å². The van der Waals surface area contributed by atoms with Gasteiger partial charge in [-0.3, -0.25) is 9.69 Å². The minimum atomic E-state index is 0.0370. The van der Waals surface area contributed by atoms with Gasteiger partial charge in [0.1, 0.15) is 0 Å². The number of carbonyl (C=O) groups excluding carboxylic acids is 1. The summed E-state index contributed by atoms with van der Waals surface area (Å²) in [5.74, 6) is 0.119. The van der Waals surface area contributed by atoms with Gasteiger partial charge in [-0.2, -0.15) is 0 Å². The lowest BCUT2D eigenvalue weighted by molar-refractivity contribution is -0.125. The highest BCUT2D eigenvalue weighted by Gasteiger charge is 2.18. The van der Waals surface area contributed by atoms with Crippen LogP contribution < -0.4 is 5.32 Å². The molecular weight excluding hydrogens is 152 g/mol. The third-order valence-electron chi connectivity index (χ3n) is 2.04. The van der Waals surface area contributed by atoms with Crippen LogP contribution in [0.2, 0.25) is 0 Å². The summed E-state index contributed by atoms with van der Waals surface area (Å²) in [6.45, 7) is 5.13. The number of hydrogen-bond donors (Lipinski definition) is 1. The zero-order chi connectivity index (χ0) is 9.56. The Bertz CT molecular complexity index is 136. The standard InChI is InChI=1S/C9H20N2O/c1-5-7-11(4)8(6-2)9(12)10-3/h8H,5-7H2,1-4H3,(H,10,12). The van der Waals surface area contributed by atoms with Crippen LogP contribution in [0, 0.1) is 0 Å². The van der Waals surface area contributed by atoms with Crippen molar-refractivity contribution < 1.29 is 4.79 Å². The minimum Gasteiger partial charge on any atom is -0.358 e. The molecule has 1 unspecified atom stereocenters. The van der Waals surface area contributed by atoms with Crippen LogP contribution >= 0.6 is 0 Å². The summed E-state index contributed by atoms with van der Waals surface area (Å²) < 4.78 is 0. The smallest absolute Gasteiger partial charge is 0.237 e. The van der Waals surface area contributed by atoms with Gasteiger partial charge in [0, 0.05) is 7.05 Å². The molecule has 0 radical (unpaired) electrons. The predicted molar refractivity (Wildman–Crippen MR) is 51.1 cm³/mol. The minimum absolute atomic E-state index is 0.0370. The molecule has 0 saturated carbocycles. The number of rotatable bonds is 5. The van der Waals surface area contributed by atoms with E-state index in [1.807, 2.05) is 14.0 Å². The maximum absolute atomic E-state index is 11.3. The molecule has 1 N–H and O–H groups in total. The first-order valence-corrected chi connectivity index (χ1v) is 4.59. The van der Waals surface area contributed by atoms with E-state index in [9.17, 15) is 4.79 Å². The van der Waals surface area contributed by atoms with Gasteiger partial charge >= 0.3 is 0 Å². The lowest BCUT2D eigenvalue weighted by Gasteiger charge is -2.24. The summed E-state index contributed by atoms with van der Waals surface area (Å²) in [7, 11) is 3.68. The van der Waals surface area contributed by atoms with Gasteiger partial charge in [-0.25, -0.2) is 0 Å². The molecule has 1 atom stereocenters. The van der Waals surface area contributed by atoms with Gasteiger partial charge in [0.15, 0.2) is 0 Å². The first kappa shape index (κ1) is 11.4. The first-order valence-electron chi connectivity index (χ1n) is 4.59. The zero-order valence-corrected chi connectivity index (χ0v) is 8.55. The van der Waals surface area contributed by atoms with Crippen LogP contribution in [-0.2, 0) is 4.79 Å². The number of nitrogens with one attached hydrogen (secondary N) is 1. The van der Waals surface area contributed by atoms with Crippen LogP contribution in [-0.4, -0.2) is 37.5 Å². The Kier molecular flexibility index (Phi) is 5.72. The second kappa shape index (κ2) is 6.00. The van der Waals surface area contributed by atoms with Crippen LogP contribution in [0.3, 0.4) is 0 Å². The van der Waals surface area contributed by atoms with Crippen LogP contribution in [0.25, 0.3) is 0 Å². The predicted octanol–water partition coefficient (Wildman–Crippen LogP) is 0.853. The van der Waals surface area contributed by atoms with E-state index in [4.69, 9.17) is 0 Å². The van der Waals surface area contributed by atoms with Crippen LogP contribution in [0.5, 0.6) is 0 Å². The monoisotopic (exact) mass is 172 g/mol. The third kappa shape index (κ3) is 3.22.